The Bertz CT molecular complexity index is 506. The Balaban J connectivity index is 2.31. The summed E-state index contributed by atoms with van der Waals surface area (Å²) in [5.41, 5.74) is -0.185. The van der Waals surface area contributed by atoms with Crippen molar-refractivity contribution in [3.05, 3.63) is 34.6 Å². The fraction of sp³-hybridized carbons (Fsp3) is 0.333. The third kappa shape index (κ3) is 2.18. The predicted molar refractivity (Wildman–Crippen MR) is 63.1 cm³/mol. The summed E-state index contributed by atoms with van der Waals surface area (Å²) in [7, 11) is 0. The molecule has 1 saturated heterocycles. The molecule has 0 bridgehead atoms. The molecule has 1 aromatic carbocycles. The third-order valence-electron chi connectivity index (χ3n) is 2.98. The molecule has 0 radical (unpaired) electrons. The number of nitrogens with zero attached hydrogens (tertiary/aromatic N) is 1. The number of carbonyl (C=O) groups is 2. The maximum absolute atomic E-state index is 13.7. The molecule has 1 aliphatic heterocycles. The van der Waals surface area contributed by atoms with Crippen LogP contribution in [0.25, 0.3) is 0 Å². The molecule has 2 rings (SSSR count). The van der Waals surface area contributed by atoms with Crippen LogP contribution in [-0.4, -0.2) is 34.5 Å². The number of carbonyl (C=O) groups excluding carboxylic acids is 1. The van der Waals surface area contributed by atoms with Gasteiger partial charge in [0.1, 0.15) is 6.04 Å². The first-order valence-corrected chi connectivity index (χ1v) is 5.88. The molecule has 1 aliphatic rings. The lowest BCUT2D eigenvalue weighted by Crippen LogP contribution is -2.40. The number of rotatable bonds is 2. The predicted octanol–water partition coefficient (Wildman–Crippen LogP) is 2.17. The maximum atomic E-state index is 13.7. The average Bonchev–Trinajstić information content (AvgIpc) is 2.81. The fourth-order valence-corrected chi connectivity index (χ4v) is 2.26. The van der Waals surface area contributed by atoms with Crippen molar-refractivity contribution >= 4 is 23.5 Å². The van der Waals surface area contributed by atoms with Crippen molar-refractivity contribution in [3.63, 3.8) is 0 Å². The molecule has 0 saturated carbocycles. The molecule has 6 heteroatoms. The first-order chi connectivity index (χ1) is 8.52. The van der Waals surface area contributed by atoms with Crippen LogP contribution in [0.1, 0.15) is 23.2 Å². The average molecular weight is 272 g/mol. The van der Waals surface area contributed by atoms with Gasteiger partial charge in [-0.2, -0.15) is 0 Å². The molecule has 1 atom stereocenters. The third-order valence-corrected chi connectivity index (χ3v) is 3.27. The van der Waals surface area contributed by atoms with E-state index in [4.69, 9.17) is 16.7 Å². The summed E-state index contributed by atoms with van der Waals surface area (Å²) in [4.78, 5) is 24.3. The molecule has 0 aromatic heterocycles. The summed E-state index contributed by atoms with van der Waals surface area (Å²) in [6.07, 6.45) is 0.994. The molecule has 96 valence electrons. The molecule has 18 heavy (non-hydrogen) atoms. The minimum absolute atomic E-state index is 0.146. The molecule has 1 N–H and O–H groups in total. The fourth-order valence-electron chi connectivity index (χ4n) is 2.09. The van der Waals surface area contributed by atoms with Crippen molar-refractivity contribution in [1.82, 2.24) is 4.90 Å². The zero-order chi connectivity index (χ0) is 13.3. The largest absolute Gasteiger partial charge is 0.480 e. The van der Waals surface area contributed by atoms with Gasteiger partial charge in [0.15, 0.2) is 5.82 Å². The molecule has 0 aliphatic carbocycles. The van der Waals surface area contributed by atoms with E-state index in [2.05, 4.69) is 0 Å². The molecule has 1 fully saturated rings. The number of hydrogen-bond acceptors (Lipinski definition) is 2. The van der Waals surface area contributed by atoms with E-state index in [9.17, 15) is 14.0 Å². The smallest absolute Gasteiger partial charge is 0.326 e. The van der Waals surface area contributed by atoms with E-state index in [0.717, 1.165) is 0 Å². The van der Waals surface area contributed by atoms with E-state index in [1.807, 2.05) is 0 Å². The normalized spacial score (nSPS) is 19.0. The van der Waals surface area contributed by atoms with Crippen LogP contribution >= 0.6 is 11.6 Å². The SMILES string of the molecule is O=C(O)[C@@H]1CCCN1C(=O)c1cccc(Cl)c1F. The van der Waals surface area contributed by atoms with Gasteiger partial charge >= 0.3 is 5.97 Å². The monoisotopic (exact) mass is 271 g/mol. The van der Waals surface area contributed by atoms with Gasteiger partial charge in [0.2, 0.25) is 0 Å². The lowest BCUT2D eigenvalue weighted by Gasteiger charge is -2.21. The van der Waals surface area contributed by atoms with Crippen molar-refractivity contribution in [3.8, 4) is 0 Å². The number of carboxylic acids is 1. The number of carboxylic acid groups (broad SMARTS) is 1. The molecule has 0 unspecified atom stereocenters. The lowest BCUT2D eigenvalue weighted by atomic mass is 10.1. The second-order valence-corrected chi connectivity index (χ2v) is 4.50. The molecular formula is C12H11ClFNO3. The number of benzene rings is 1. The second kappa shape index (κ2) is 4.94. The molecular weight excluding hydrogens is 261 g/mol. The second-order valence-electron chi connectivity index (χ2n) is 4.10. The van der Waals surface area contributed by atoms with Gasteiger partial charge < -0.3 is 10.0 Å². The van der Waals surface area contributed by atoms with Crippen LogP contribution in [0.15, 0.2) is 18.2 Å². The van der Waals surface area contributed by atoms with E-state index in [1.54, 1.807) is 0 Å². The van der Waals surface area contributed by atoms with Gasteiger partial charge in [-0.15, -0.1) is 0 Å². The minimum Gasteiger partial charge on any atom is -0.480 e. The van der Waals surface area contributed by atoms with Gasteiger partial charge in [0.25, 0.3) is 5.91 Å². The van der Waals surface area contributed by atoms with Crippen LogP contribution in [0.3, 0.4) is 0 Å². The van der Waals surface area contributed by atoms with Gasteiger partial charge in [-0.1, -0.05) is 17.7 Å². The van der Waals surface area contributed by atoms with E-state index < -0.39 is 23.7 Å². The molecule has 1 aromatic rings. The minimum atomic E-state index is -1.07. The highest BCUT2D eigenvalue weighted by Crippen LogP contribution is 2.24. The highest BCUT2D eigenvalue weighted by molar-refractivity contribution is 6.31. The quantitative estimate of drug-likeness (QED) is 0.897. The van der Waals surface area contributed by atoms with Gasteiger partial charge in [0, 0.05) is 6.54 Å². The number of aliphatic carboxylic acids is 1. The molecule has 1 amide bonds. The first kappa shape index (κ1) is 12.8. The highest BCUT2D eigenvalue weighted by Gasteiger charge is 2.35. The summed E-state index contributed by atoms with van der Waals surface area (Å²) in [5, 5.41) is 8.84. The Morgan fingerprint density at radius 1 is 1.44 bits per heavy atom. The van der Waals surface area contributed by atoms with Crippen molar-refractivity contribution < 1.29 is 19.1 Å². The zero-order valence-corrected chi connectivity index (χ0v) is 10.2. The van der Waals surface area contributed by atoms with E-state index in [-0.39, 0.29) is 10.6 Å². The summed E-state index contributed by atoms with van der Waals surface area (Å²) in [6, 6.07) is 3.23. The Hall–Kier alpha value is -1.62. The molecule has 4 nitrogen and oxygen atoms in total. The van der Waals surface area contributed by atoms with Crippen molar-refractivity contribution in [2.24, 2.45) is 0 Å². The van der Waals surface area contributed by atoms with Gasteiger partial charge in [0.05, 0.1) is 10.6 Å². The van der Waals surface area contributed by atoms with Crippen molar-refractivity contribution in [1.29, 1.82) is 0 Å². The Kier molecular flexibility index (Phi) is 3.52. The molecule has 1 heterocycles. The van der Waals surface area contributed by atoms with Crippen LogP contribution in [-0.2, 0) is 4.79 Å². The first-order valence-electron chi connectivity index (χ1n) is 5.50. The van der Waals surface area contributed by atoms with Gasteiger partial charge in [-0.3, -0.25) is 4.79 Å². The van der Waals surface area contributed by atoms with Crippen LogP contribution in [0, 0.1) is 5.82 Å². The topological polar surface area (TPSA) is 57.6 Å². The van der Waals surface area contributed by atoms with E-state index in [1.165, 1.54) is 23.1 Å². The van der Waals surface area contributed by atoms with E-state index >= 15 is 0 Å². The van der Waals surface area contributed by atoms with Gasteiger partial charge in [-0.05, 0) is 25.0 Å². The highest BCUT2D eigenvalue weighted by atomic mass is 35.5. The maximum Gasteiger partial charge on any atom is 0.326 e. The standard InChI is InChI=1S/C12H11ClFNO3/c13-8-4-1-3-7(10(8)14)11(16)15-6-2-5-9(15)12(17)18/h1,3-4,9H,2,5-6H2,(H,17,18)/t9-/m0/s1. The van der Waals surface area contributed by atoms with Crippen molar-refractivity contribution in [2.45, 2.75) is 18.9 Å². The summed E-state index contributed by atoms with van der Waals surface area (Å²) >= 11 is 5.60. The Morgan fingerprint density at radius 3 is 2.83 bits per heavy atom. The Morgan fingerprint density at radius 2 is 2.17 bits per heavy atom. The number of halogens is 2. The van der Waals surface area contributed by atoms with Gasteiger partial charge in [-0.25, -0.2) is 9.18 Å². The zero-order valence-electron chi connectivity index (χ0n) is 9.40. The number of amides is 1. The summed E-state index contributed by atoms with van der Waals surface area (Å²) < 4.78 is 13.7. The van der Waals surface area contributed by atoms with E-state index in [0.29, 0.717) is 19.4 Å². The summed E-state index contributed by atoms with van der Waals surface area (Å²) in [5.74, 6) is -2.50. The number of hydrogen-bond donors (Lipinski definition) is 1. The lowest BCUT2D eigenvalue weighted by molar-refractivity contribution is -0.141. The van der Waals surface area contributed by atoms with Crippen molar-refractivity contribution in [2.75, 3.05) is 6.54 Å². The molecule has 0 spiro atoms. The Labute approximate surface area is 108 Å². The van der Waals surface area contributed by atoms with Crippen LogP contribution in [0.2, 0.25) is 5.02 Å². The van der Waals surface area contributed by atoms with Crippen LogP contribution < -0.4 is 0 Å². The van der Waals surface area contributed by atoms with Crippen LogP contribution in [0.5, 0.6) is 0 Å². The number of likely N-dealkylation sites (tertiary alicyclic amines) is 1. The van der Waals surface area contributed by atoms with Crippen LogP contribution in [0.4, 0.5) is 4.39 Å². The summed E-state index contributed by atoms with van der Waals surface area (Å²) in [6.45, 7) is 0.321.